The minimum atomic E-state index is 0.250. The maximum atomic E-state index is 8.28. The highest BCUT2D eigenvalue weighted by Gasteiger charge is 2.12. The first-order chi connectivity index (χ1) is 26.3. The van der Waals surface area contributed by atoms with Crippen LogP contribution in [-0.2, 0) is 14.2 Å². The van der Waals surface area contributed by atoms with Crippen molar-refractivity contribution in [3.05, 3.63) is 160 Å². The predicted molar refractivity (Wildman–Crippen MR) is 237 cm³/mol. The van der Waals surface area contributed by atoms with E-state index < -0.39 is 0 Å². The summed E-state index contributed by atoms with van der Waals surface area (Å²) in [5.74, 6) is 1.47. The van der Waals surface area contributed by atoms with Gasteiger partial charge in [0.15, 0.2) is 0 Å². The summed E-state index contributed by atoms with van der Waals surface area (Å²) >= 11 is 0. The quantitative estimate of drug-likeness (QED) is 0.102. The van der Waals surface area contributed by atoms with Crippen molar-refractivity contribution < 1.29 is 19.3 Å². The van der Waals surface area contributed by atoms with E-state index in [0.717, 1.165) is 30.9 Å². The van der Waals surface area contributed by atoms with Gasteiger partial charge >= 0.3 is 0 Å². The van der Waals surface area contributed by atoms with Gasteiger partial charge in [0, 0.05) is 6.61 Å². The Hall–Kier alpha value is -4.54. The van der Waals surface area contributed by atoms with Crippen LogP contribution in [0.3, 0.4) is 0 Å². The second-order valence-corrected chi connectivity index (χ2v) is 13.5. The summed E-state index contributed by atoms with van der Waals surface area (Å²) in [7, 11) is 0. The van der Waals surface area contributed by atoms with Gasteiger partial charge in [-0.25, -0.2) is 0 Å². The molecule has 2 aliphatic carbocycles. The molecule has 0 amide bonds. The van der Waals surface area contributed by atoms with E-state index in [1.807, 2.05) is 18.2 Å². The lowest BCUT2D eigenvalue weighted by atomic mass is 9.98. The van der Waals surface area contributed by atoms with Gasteiger partial charge in [-0.05, 0) is 92.4 Å². The Balaban J connectivity index is 0.000000638. The summed E-state index contributed by atoms with van der Waals surface area (Å²) in [4.78, 5) is 0. The topological polar surface area (TPSA) is 47.9 Å². The van der Waals surface area contributed by atoms with Crippen molar-refractivity contribution in [1.29, 1.82) is 0 Å². The lowest BCUT2D eigenvalue weighted by Gasteiger charge is -2.20. The zero-order chi connectivity index (χ0) is 40.1. The molecule has 2 saturated carbocycles. The minimum absolute atomic E-state index is 0.250. The van der Waals surface area contributed by atoms with Gasteiger partial charge in [0.05, 0.1) is 38.1 Å². The molecular weight excluding hydrogens is 665 g/mol. The molecule has 1 N–H and O–H groups in total. The molecule has 0 unspecified atom stereocenters. The van der Waals surface area contributed by atoms with E-state index in [1.54, 1.807) is 6.26 Å². The van der Waals surface area contributed by atoms with Crippen LogP contribution in [0.25, 0.3) is 23.3 Å². The highest BCUT2D eigenvalue weighted by Crippen LogP contribution is 2.24. The van der Waals surface area contributed by atoms with Gasteiger partial charge in [0.25, 0.3) is 0 Å². The van der Waals surface area contributed by atoms with Gasteiger partial charge in [-0.2, -0.15) is 0 Å². The van der Waals surface area contributed by atoms with Crippen molar-refractivity contribution in [3.8, 4) is 11.1 Å². The third-order valence-corrected chi connectivity index (χ3v) is 8.48. The van der Waals surface area contributed by atoms with Crippen LogP contribution in [0.4, 0.5) is 0 Å². The number of ether oxygens (including phenoxy) is 3. The van der Waals surface area contributed by atoms with Crippen molar-refractivity contribution in [2.75, 3.05) is 19.8 Å². The summed E-state index contributed by atoms with van der Waals surface area (Å²) < 4.78 is 14.9. The molecule has 0 aliphatic heterocycles. The van der Waals surface area contributed by atoms with Crippen molar-refractivity contribution in [3.63, 3.8) is 0 Å². The zero-order valence-corrected chi connectivity index (χ0v) is 34.0. The first kappa shape index (κ1) is 49.5. The third-order valence-electron chi connectivity index (χ3n) is 8.48. The van der Waals surface area contributed by atoms with Crippen LogP contribution in [0.15, 0.2) is 143 Å². The fourth-order valence-electron chi connectivity index (χ4n) is 5.32. The van der Waals surface area contributed by atoms with Gasteiger partial charge in [0.2, 0.25) is 0 Å². The second kappa shape index (κ2) is 35.5. The molecular formula is C50H72O4. The van der Waals surface area contributed by atoms with Crippen molar-refractivity contribution in [1.82, 2.24) is 0 Å². The van der Waals surface area contributed by atoms with Crippen molar-refractivity contribution in [2.24, 2.45) is 11.8 Å². The number of aliphatic hydroxyl groups excluding tert-OH is 1. The minimum Gasteiger partial charge on any atom is -0.502 e. The average molecular weight is 737 g/mol. The molecule has 4 nitrogen and oxygen atoms in total. The Bertz CT molecular complexity index is 1330. The number of hydrogen-bond donors (Lipinski definition) is 1. The molecule has 0 heterocycles. The molecule has 2 aliphatic rings. The molecule has 3 aromatic rings. The Morgan fingerprint density at radius 3 is 1.57 bits per heavy atom. The number of hydrogen-bond acceptors (Lipinski definition) is 4. The summed E-state index contributed by atoms with van der Waals surface area (Å²) in [5, 5.41) is 8.28. The Kier molecular flexibility index (Phi) is 32.5. The lowest BCUT2D eigenvalue weighted by molar-refractivity contribution is 0.107. The fraction of sp³-hybridized carbons (Fsp3) is 0.400. The van der Waals surface area contributed by atoms with E-state index in [0.29, 0.717) is 18.6 Å². The summed E-state index contributed by atoms with van der Waals surface area (Å²) in [6.45, 7) is 29.4. The number of rotatable bonds is 14. The van der Waals surface area contributed by atoms with E-state index in [9.17, 15) is 0 Å². The summed E-state index contributed by atoms with van der Waals surface area (Å²) in [6, 6.07) is 27.0. The zero-order valence-electron chi connectivity index (χ0n) is 34.0. The van der Waals surface area contributed by atoms with Gasteiger partial charge < -0.3 is 19.3 Å². The Labute approximate surface area is 330 Å². The van der Waals surface area contributed by atoms with Crippen molar-refractivity contribution in [2.45, 2.75) is 97.5 Å². The summed E-state index contributed by atoms with van der Waals surface area (Å²) in [5.41, 5.74) is 6.13. The largest absolute Gasteiger partial charge is 0.502 e. The molecule has 3 aromatic carbocycles. The van der Waals surface area contributed by atoms with E-state index in [1.165, 1.54) is 92.6 Å². The molecule has 296 valence electrons. The van der Waals surface area contributed by atoms with Crippen LogP contribution in [0, 0.1) is 18.8 Å². The molecule has 0 spiro atoms. The second-order valence-electron chi connectivity index (χ2n) is 13.5. The van der Waals surface area contributed by atoms with E-state index in [4.69, 9.17) is 19.3 Å². The highest BCUT2D eigenvalue weighted by atomic mass is 16.5. The van der Waals surface area contributed by atoms with E-state index >= 15 is 0 Å². The highest BCUT2D eigenvalue weighted by molar-refractivity contribution is 5.65. The van der Waals surface area contributed by atoms with Crippen molar-refractivity contribution >= 4 is 12.2 Å². The van der Waals surface area contributed by atoms with Crippen LogP contribution in [-0.4, -0.2) is 31.0 Å². The van der Waals surface area contributed by atoms with Gasteiger partial charge in [-0.15, -0.1) is 6.58 Å². The predicted octanol–water partition coefficient (Wildman–Crippen LogP) is 14.2. The maximum Gasteiger partial charge on any atom is 0.0978 e. The lowest BCUT2D eigenvalue weighted by Crippen LogP contribution is -2.13. The van der Waals surface area contributed by atoms with Gasteiger partial charge in [-0.1, -0.05) is 169 Å². The fourth-order valence-corrected chi connectivity index (χ4v) is 5.32. The first-order valence-corrected chi connectivity index (χ1v) is 19.7. The molecule has 2 fully saturated rings. The Morgan fingerprint density at radius 1 is 0.630 bits per heavy atom. The van der Waals surface area contributed by atoms with Gasteiger partial charge in [-0.3, -0.25) is 0 Å². The summed E-state index contributed by atoms with van der Waals surface area (Å²) in [6.07, 6.45) is 24.6. The average Bonchev–Trinajstić information content (AvgIpc) is 3.76. The van der Waals surface area contributed by atoms with E-state index in [2.05, 4.69) is 139 Å². The Morgan fingerprint density at radius 2 is 1.15 bits per heavy atom. The molecule has 0 saturated heterocycles. The van der Waals surface area contributed by atoms with Crippen LogP contribution in [0.5, 0.6) is 0 Å². The van der Waals surface area contributed by atoms with Crippen LogP contribution < -0.4 is 0 Å². The molecule has 0 atom stereocenters. The molecule has 0 bridgehead atoms. The van der Waals surface area contributed by atoms with Crippen LogP contribution in [0.1, 0.15) is 101 Å². The number of aryl methyl sites for hydroxylation is 1. The molecule has 0 aromatic heterocycles. The first-order valence-electron chi connectivity index (χ1n) is 19.7. The molecule has 54 heavy (non-hydrogen) atoms. The maximum absolute atomic E-state index is 8.28. The van der Waals surface area contributed by atoms with Crippen LogP contribution in [0.2, 0.25) is 0 Å². The van der Waals surface area contributed by atoms with E-state index in [-0.39, 0.29) is 6.61 Å². The van der Waals surface area contributed by atoms with Crippen LogP contribution >= 0.6 is 0 Å². The normalized spacial score (nSPS) is 13.0. The SMILES string of the molecule is C=CC1CCCC1.C=COC1CCCCC1.C=COCC(C)C.C=COCCCCO.C=Cc1ccc(-c2ccccc2)cc1.C=Cc1ccc(C)cc1. The number of unbranched alkanes of at least 4 members (excludes halogenated alkanes) is 1. The smallest absolute Gasteiger partial charge is 0.0978 e. The number of aliphatic hydroxyl groups is 1. The monoisotopic (exact) mass is 737 g/mol. The van der Waals surface area contributed by atoms with Gasteiger partial charge in [0.1, 0.15) is 0 Å². The number of allylic oxidation sites excluding steroid dienone is 1. The number of benzene rings is 3. The standard InChI is InChI=1S/C14H12.C9H10.C8H14O.C7H12.C6H12O2.C6H12O/c1-2-12-8-10-14(11-9-12)13-6-4-3-5-7-13;1-3-9-6-4-8(2)5-7-9;1-2-9-8-6-4-3-5-7-8;1-2-7-5-3-4-6-7;1-2-8-6-4-3-5-7;1-4-7-5-6(2)3/h2-11H,1H2;3-7H,1H2,2H3;2,8H,1,3-7H2;2,7H,1,3-6H2;2,7H,1,3-6H2;4,6H,1,5H2,2-3H3. The molecule has 4 heteroatoms. The molecule has 5 rings (SSSR count). The molecule has 0 radical (unpaired) electrons. The third kappa shape index (κ3) is 28.0.